The molecular formula is C24H28N4O5S2. The number of methoxy groups -OCH3 is 1. The zero-order valence-corrected chi connectivity index (χ0v) is 21.3. The largest absolute Gasteiger partial charge is 0.497 e. The maximum Gasteiger partial charge on any atom is 0.244 e. The van der Waals surface area contributed by atoms with Gasteiger partial charge in [0.2, 0.25) is 27.6 Å². The minimum Gasteiger partial charge on any atom is -0.497 e. The second-order valence-electron chi connectivity index (χ2n) is 9.01. The lowest BCUT2D eigenvalue weighted by molar-refractivity contribution is -0.120. The minimum absolute atomic E-state index is 0.0967. The van der Waals surface area contributed by atoms with E-state index in [0.29, 0.717) is 64.8 Å². The molecule has 0 bridgehead atoms. The van der Waals surface area contributed by atoms with Crippen LogP contribution in [0.5, 0.6) is 5.75 Å². The number of aryl methyl sites for hydroxylation is 1. The van der Waals surface area contributed by atoms with Crippen LogP contribution in [0, 0.1) is 12.8 Å². The summed E-state index contributed by atoms with van der Waals surface area (Å²) < 4.78 is 38.8. The van der Waals surface area contributed by atoms with Crippen molar-refractivity contribution in [2.75, 3.05) is 25.5 Å². The van der Waals surface area contributed by atoms with Gasteiger partial charge in [-0.2, -0.15) is 9.29 Å². The van der Waals surface area contributed by atoms with Crippen LogP contribution >= 0.6 is 11.3 Å². The maximum atomic E-state index is 13.4. The predicted molar refractivity (Wildman–Crippen MR) is 132 cm³/mol. The Labute approximate surface area is 208 Å². The van der Waals surface area contributed by atoms with Crippen molar-refractivity contribution in [3.63, 3.8) is 0 Å². The van der Waals surface area contributed by atoms with E-state index in [-0.39, 0.29) is 16.7 Å². The van der Waals surface area contributed by atoms with E-state index >= 15 is 0 Å². The van der Waals surface area contributed by atoms with E-state index in [9.17, 15) is 13.2 Å². The first-order valence-electron chi connectivity index (χ1n) is 11.7. The first kappa shape index (κ1) is 24.0. The van der Waals surface area contributed by atoms with Crippen LogP contribution < -0.4 is 10.1 Å². The highest BCUT2D eigenvalue weighted by molar-refractivity contribution is 7.89. The molecule has 1 aliphatic carbocycles. The molecule has 0 spiro atoms. The van der Waals surface area contributed by atoms with Crippen LogP contribution in [0.2, 0.25) is 0 Å². The summed E-state index contributed by atoms with van der Waals surface area (Å²) in [7, 11) is -2.10. The average Bonchev–Trinajstić information content (AvgIpc) is 3.46. The monoisotopic (exact) mass is 516 g/mol. The second kappa shape index (κ2) is 9.71. The highest BCUT2D eigenvalue weighted by atomic mass is 32.2. The van der Waals surface area contributed by atoms with E-state index < -0.39 is 10.0 Å². The van der Waals surface area contributed by atoms with Crippen LogP contribution in [0.25, 0.3) is 10.7 Å². The van der Waals surface area contributed by atoms with Crippen molar-refractivity contribution < 1.29 is 22.5 Å². The molecule has 1 saturated carbocycles. The van der Waals surface area contributed by atoms with E-state index in [0.717, 1.165) is 12.8 Å². The predicted octanol–water partition coefficient (Wildman–Crippen LogP) is 4.42. The fourth-order valence-electron chi connectivity index (χ4n) is 4.40. The van der Waals surface area contributed by atoms with Crippen molar-refractivity contribution in [1.82, 2.24) is 14.4 Å². The lowest BCUT2D eigenvalue weighted by Gasteiger charge is -2.30. The van der Waals surface area contributed by atoms with Gasteiger partial charge in [-0.1, -0.05) is 11.6 Å². The fraction of sp³-hybridized carbons (Fsp3) is 0.458. The molecule has 2 fully saturated rings. The van der Waals surface area contributed by atoms with Gasteiger partial charge in [0.05, 0.1) is 16.9 Å². The Bertz CT molecular complexity index is 1300. The van der Waals surface area contributed by atoms with Crippen molar-refractivity contribution in [1.29, 1.82) is 0 Å². The number of nitrogens with zero attached hydrogens (tertiary/aromatic N) is 3. The number of piperidine rings is 1. The number of hydrogen-bond acceptors (Lipinski definition) is 8. The summed E-state index contributed by atoms with van der Waals surface area (Å²) in [5, 5.41) is 6.99. The molecule has 186 valence electrons. The summed E-state index contributed by atoms with van der Waals surface area (Å²) in [5.41, 5.74) is 0.689. The third-order valence-corrected chi connectivity index (χ3v) is 9.99. The molecule has 3 heterocycles. The highest BCUT2D eigenvalue weighted by Crippen LogP contribution is 2.38. The number of nitrogens with one attached hydrogen (secondary N) is 1. The SMILES string of the molecule is COc1ccc(NC(=O)C2CCN(S(=O)(=O)c3cc(-c4noc(C5CCC5)n4)sc3C)CC2)cc1. The molecule has 1 aliphatic heterocycles. The van der Waals surface area contributed by atoms with E-state index in [1.165, 1.54) is 22.1 Å². The third-order valence-electron chi connectivity index (χ3n) is 6.79. The van der Waals surface area contributed by atoms with Gasteiger partial charge < -0.3 is 14.6 Å². The number of carbonyl (C=O) groups excluding carboxylic acids is 1. The molecule has 1 saturated heterocycles. The Morgan fingerprint density at radius 1 is 1.17 bits per heavy atom. The van der Waals surface area contributed by atoms with Crippen LogP contribution in [-0.4, -0.2) is 49.0 Å². The summed E-state index contributed by atoms with van der Waals surface area (Å²) in [6.45, 7) is 2.38. The van der Waals surface area contributed by atoms with E-state index in [4.69, 9.17) is 9.26 Å². The van der Waals surface area contributed by atoms with Gasteiger partial charge in [0.1, 0.15) is 5.75 Å². The van der Waals surface area contributed by atoms with Gasteiger partial charge in [0.25, 0.3) is 0 Å². The Balaban J connectivity index is 1.23. The normalized spacial score (nSPS) is 17.8. The summed E-state index contributed by atoms with van der Waals surface area (Å²) in [4.78, 5) is 18.9. The van der Waals surface area contributed by atoms with E-state index in [2.05, 4.69) is 15.5 Å². The van der Waals surface area contributed by atoms with Gasteiger partial charge >= 0.3 is 0 Å². The first-order chi connectivity index (χ1) is 16.8. The van der Waals surface area contributed by atoms with Crippen molar-refractivity contribution >= 4 is 33.0 Å². The fourth-order valence-corrected chi connectivity index (χ4v) is 7.36. The Kier molecular flexibility index (Phi) is 6.65. The molecule has 3 aromatic rings. The smallest absolute Gasteiger partial charge is 0.244 e. The van der Waals surface area contributed by atoms with Gasteiger partial charge in [0, 0.05) is 35.5 Å². The zero-order valence-electron chi connectivity index (χ0n) is 19.7. The van der Waals surface area contributed by atoms with Crippen LogP contribution in [0.1, 0.15) is 48.8 Å². The lowest BCUT2D eigenvalue weighted by atomic mass is 9.85. The molecule has 2 aliphatic rings. The summed E-state index contributed by atoms with van der Waals surface area (Å²) >= 11 is 1.35. The Morgan fingerprint density at radius 2 is 1.89 bits per heavy atom. The number of rotatable bonds is 7. The second-order valence-corrected chi connectivity index (χ2v) is 12.2. The molecular weight excluding hydrogens is 488 g/mol. The van der Waals surface area contributed by atoms with Crippen molar-refractivity contribution in [2.24, 2.45) is 5.92 Å². The quantitative estimate of drug-likeness (QED) is 0.494. The number of amides is 1. The standard InChI is InChI=1S/C24H28N4O5S2/c1-15-21(14-20(34-15)22-26-24(33-27-22)17-4-3-5-17)35(30,31)28-12-10-16(11-13-28)23(29)25-18-6-8-19(32-2)9-7-18/h6-9,14,16-17H,3-5,10-13H2,1-2H3,(H,25,29). The number of carbonyl (C=O) groups is 1. The molecule has 11 heteroatoms. The third kappa shape index (κ3) is 4.85. The summed E-state index contributed by atoms with van der Waals surface area (Å²) in [6, 6.07) is 8.78. The number of anilines is 1. The number of ether oxygens (including phenoxy) is 1. The lowest BCUT2D eigenvalue weighted by Crippen LogP contribution is -2.41. The van der Waals surface area contributed by atoms with E-state index in [1.807, 2.05) is 0 Å². The van der Waals surface area contributed by atoms with Gasteiger partial charge in [0.15, 0.2) is 0 Å². The molecule has 9 nitrogen and oxygen atoms in total. The van der Waals surface area contributed by atoms with Gasteiger partial charge in [-0.05, 0) is 62.9 Å². The highest BCUT2D eigenvalue weighted by Gasteiger charge is 2.34. The van der Waals surface area contributed by atoms with Gasteiger partial charge in [-0.15, -0.1) is 11.3 Å². The van der Waals surface area contributed by atoms with Gasteiger partial charge in [-0.25, -0.2) is 8.42 Å². The molecule has 0 radical (unpaired) electrons. The molecule has 1 amide bonds. The number of thiophene rings is 1. The summed E-state index contributed by atoms with van der Waals surface area (Å²) in [6.07, 6.45) is 4.21. The molecule has 5 rings (SSSR count). The molecule has 2 aromatic heterocycles. The van der Waals surface area contributed by atoms with Crippen LogP contribution in [0.4, 0.5) is 5.69 Å². The Morgan fingerprint density at radius 3 is 2.51 bits per heavy atom. The maximum absolute atomic E-state index is 13.4. The molecule has 0 atom stereocenters. The molecule has 0 unspecified atom stereocenters. The van der Waals surface area contributed by atoms with E-state index in [1.54, 1.807) is 44.4 Å². The van der Waals surface area contributed by atoms with Crippen LogP contribution in [0.15, 0.2) is 39.8 Å². The molecule has 1 N–H and O–H groups in total. The number of sulfonamides is 1. The molecule has 1 aromatic carbocycles. The van der Waals surface area contributed by atoms with Gasteiger partial charge in [-0.3, -0.25) is 4.79 Å². The zero-order chi connectivity index (χ0) is 24.6. The Hall–Kier alpha value is -2.76. The number of hydrogen-bond donors (Lipinski definition) is 1. The van der Waals surface area contributed by atoms with Crippen LogP contribution in [0.3, 0.4) is 0 Å². The number of benzene rings is 1. The van der Waals surface area contributed by atoms with Crippen molar-refractivity contribution in [3.05, 3.63) is 41.1 Å². The first-order valence-corrected chi connectivity index (χ1v) is 14.0. The van der Waals surface area contributed by atoms with Crippen molar-refractivity contribution in [3.8, 4) is 16.5 Å². The minimum atomic E-state index is -3.69. The van der Waals surface area contributed by atoms with Crippen LogP contribution in [-0.2, 0) is 14.8 Å². The summed E-state index contributed by atoms with van der Waals surface area (Å²) in [5.74, 6) is 1.77. The molecule has 35 heavy (non-hydrogen) atoms. The number of aromatic nitrogens is 2. The average molecular weight is 517 g/mol. The van der Waals surface area contributed by atoms with Crippen molar-refractivity contribution in [2.45, 2.75) is 49.8 Å². The topological polar surface area (TPSA) is 115 Å².